The van der Waals surface area contributed by atoms with Gasteiger partial charge in [0.05, 0.1) is 6.61 Å². The van der Waals surface area contributed by atoms with Gasteiger partial charge in [0.25, 0.3) is 0 Å². The number of anilines is 2. The van der Waals surface area contributed by atoms with Crippen LogP contribution in [0.5, 0.6) is 0 Å². The molecule has 1 unspecified atom stereocenters. The van der Waals surface area contributed by atoms with E-state index >= 15 is 0 Å². The highest BCUT2D eigenvalue weighted by Gasteiger charge is 2.20. The molecule has 7 nitrogen and oxygen atoms in total. The Morgan fingerprint density at radius 1 is 1.33 bits per heavy atom. The van der Waals surface area contributed by atoms with Crippen molar-refractivity contribution >= 4 is 28.5 Å². The fraction of sp³-hybridized carbons (Fsp3) is 0.636. The topological polar surface area (TPSA) is 80.2 Å². The van der Waals surface area contributed by atoms with Crippen molar-refractivity contribution in [2.45, 2.75) is 52.9 Å². The number of hydrogen-bond acceptors (Lipinski definition) is 8. The molecule has 0 radical (unpaired) electrons. The van der Waals surface area contributed by atoms with E-state index in [1.54, 1.807) is 0 Å². The first-order valence-corrected chi connectivity index (χ1v) is 11.5. The number of esters is 1. The van der Waals surface area contributed by atoms with Gasteiger partial charge in [0, 0.05) is 49.9 Å². The van der Waals surface area contributed by atoms with E-state index in [-0.39, 0.29) is 11.4 Å². The Balaban J connectivity index is 1.52. The molecule has 1 aliphatic rings. The fourth-order valence-corrected chi connectivity index (χ4v) is 4.08. The van der Waals surface area contributed by atoms with Crippen LogP contribution in [0.2, 0.25) is 0 Å². The van der Waals surface area contributed by atoms with Gasteiger partial charge in [-0.15, -0.1) is 0 Å². The van der Waals surface area contributed by atoms with Crippen LogP contribution in [0.3, 0.4) is 0 Å². The first-order chi connectivity index (χ1) is 14.3. The van der Waals surface area contributed by atoms with E-state index < -0.39 is 0 Å². The molecule has 2 aromatic rings. The first-order valence-electron chi connectivity index (χ1n) is 10.7. The van der Waals surface area contributed by atoms with Crippen LogP contribution >= 0.6 is 11.5 Å². The SMILES string of the molecule is CNc1nc(-c2ccnc(N3CCCC(CCC(=O)OCC(C)(C)C)CC3)c2)ns1. The van der Waals surface area contributed by atoms with Crippen molar-refractivity contribution in [1.29, 1.82) is 0 Å². The molecule has 8 heteroatoms. The Morgan fingerprint density at radius 3 is 2.90 bits per heavy atom. The minimum Gasteiger partial charge on any atom is -0.465 e. The van der Waals surface area contributed by atoms with E-state index in [1.165, 1.54) is 11.5 Å². The summed E-state index contributed by atoms with van der Waals surface area (Å²) in [5, 5.41) is 3.84. The maximum absolute atomic E-state index is 12.0. The Bertz CT molecular complexity index is 833. The molecule has 0 bridgehead atoms. The number of rotatable bonds is 7. The summed E-state index contributed by atoms with van der Waals surface area (Å²) in [6.07, 6.45) is 6.56. The molecule has 0 spiro atoms. The molecule has 164 valence electrons. The van der Waals surface area contributed by atoms with Crippen molar-refractivity contribution in [1.82, 2.24) is 14.3 Å². The lowest BCUT2D eigenvalue weighted by Crippen LogP contribution is -2.25. The molecule has 0 amide bonds. The van der Waals surface area contributed by atoms with E-state index in [0.29, 0.717) is 18.9 Å². The van der Waals surface area contributed by atoms with Crippen molar-refractivity contribution in [3.8, 4) is 11.4 Å². The number of hydrogen-bond donors (Lipinski definition) is 1. The lowest BCUT2D eigenvalue weighted by atomic mass is 9.95. The third-order valence-electron chi connectivity index (χ3n) is 5.24. The third-order valence-corrected chi connectivity index (χ3v) is 5.97. The molecule has 1 aliphatic heterocycles. The van der Waals surface area contributed by atoms with Crippen molar-refractivity contribution in [3.63, 3.8) is 0 Å². The van der Waals surface area contributed by atoms with Crippen molar-refractivity contribution < 1.29 is 9.53 Å². The standard InChI is InChI=1S/C22H33N5O2S/c1-22(2,3)15-29-19(28)8-7-16-6-5-12-27(13-10-16)18-14-17(9-11-24-18)20-25-21(23-4)30-26-20/h9,11,14,16H,5-8,10,12-13,15H2,1-4H3,(H,23,25,26). The highest BCUT2D eigenvalue weighted by atomic mass is 32.1. The van der Waals surface area contributed by atoms with Gasteiger partial charge in [-0.25, -0.2) is 4.98 Å². The molecule has 0 aliphatic carbocycles. The van der Waals surface area contributed by atoms with Crippen LogP contribution in [0, 0.1) is 11.3 Å². The average Bonchev–Trinajstić information content (AvgIpc) is 3.09. The maximum Gasteiger partial charge on any atom is 0.305 e. The molecule has 0 saturated carbocycles. The normalized spacial score (nSPS) is 17.5. The predicted octanol–water partition coefficient (Wildman–Crippen LogP) is 4.62. The van der Waals surface area contributed by atoms with Gasteiger partial charge in [0.2, 0.25) is 5.13 Å². The summed E-state index contributed by atoms with van der Waals surface area (Å²) in [5.41, 5.74) is 1.00. The number of nitrogens with zero attached hydrogens (tertiary/aromatic N) is 4. The number of aromatic nitrogens is 3. The third kappa shape index (κ3) is 6.65. The lowest BCUT2D eigenvalue weighted by Gasteiger charge is -2.22. The van der Waals surface area contributed by atoms with Crippen LogP contribution in [0.15, 0.2) is 18.3 Å². The summed E-state index contributed by atoms with van der Waals surface area (Å²) in [7, 11) is 1.85. The highest BCUT2D eigenvalue weighted by molar-refractivity contribution is 7.09. The minimum absolute atomic E-state index is 0.0166. The molecule has 2 aromatic heterocycles. The van der Waals surface area contributed by atoms with Crippen LogP contribution in [0.4, 0.5) is 10.9 Å². The van der Waals surface area contributed by atoms with E-state index in [9.17, 15) is 4.79 Å². The Morgan fingerprint density at radius 2 is 2.17 bits per heavy atom. The van der Waals surface area contributed by atoms with E-state index in [0.717, 1.165) is 61.1 Å². The monoisotopic (exact) mass is 431 g/mol. The zero-order valence-corrected chi connectivity index (χ0v) is 19.3. The lowest BCUT2D eigenvalue weighted by molar-refractivity contribution is -0.146. The molecular weight excluding hydrogens is 398 g/mol. The van der Waals surface area contributed by atoms with Gasteiger partial charge < -0.3 is 15.0 Å². The zero-order valence-electron chi connectivity index (χ0n) is 18.5. The quantitative estimate of drug-likeness (QED) is 0.641. The van der Waals surface area contributed by atoms with Crippen LogP contribution in [0.1, 0.15) is 52.9 Å². The number of carbonyl (C=O) groups is 1. The number of nitrogens with one attached hydrogen (secondary N) is 1. The summed E-state index contributed by atoms with van der Waals surface area (Å²) in [4.78, 5) is 23.5. The molecule has 1 atom stereocenters. The zero-order chi connectivity index (χ0) is 21.6. The van der Waals surface area contributed by atoms with Crippen LogP contribution in [-0.4, -0.2) is 47.1 Å². The van der Waals surface area contributed by atoms with E-state index in [1.807, 2.05) is 19.3 Å². The molecule has 3 heterocycles. The number of ether oxygens (including phenoxy) is 1. The molecule has 30 heavy (non-hydrogen) atoms. The first kappa shape index (κ1) is 22.5. The average molecular weight is 432 g/mol. The predicted molar refractivity (Wildman–Crippen MR) is 122 cm³/mol. The second-order valence-corrected chi connectivity index (χ2v) is 9.87. The van der Waals surface area contributed by atoms with Gasteiger partial charge in [-0.3, -0.25) is 4.79 Å². The molecule has 1 N–H and O–H groups in total. The van der Waals surface area contributed by atoms with Gasteiger partial charge in [-0.05, 0) is 49.1 Å². The highest BCUT2D eigenvalue weighted by Crippen LogP contribution is 2.28. The van der Waals surface area contributed by atoms with Crippen LogP contribution < -0.4 is 10.2 Å². The number of pyridine rings is 1. The van der Waals surface area contributed by atoms with Gasteiger partial charge in [0.15, 0.2) is 5.82 Å². The van der Waals surface area contributed by atoms with Gasteiger partial charge in [0.1, 0.15) is 5.82 Å². The molecule has 3 rings (SSSR count). The largest absolute Gasteiger partial charge is 0.465 e. The van der Waals surface area contributed by atoms with Gasteiger partial charge in [-0.2, -0.15) is 9.36 Å². The number of carbonyl (C=O) groups excluding carboxylic acids is 1. The van der Waals surface area contributed by atoms with Crippen molar-refractivity contribution in [2.75, 3.05) is 37.0 Å². The minimum atomic E-state index is -0.0721. The second-order valence-electron chi connectivity index (χ2n) is 9.12. The second kappa shape index (κ2) is 10.2. The molecule has 0 aromatic carbocycles. The van der Waals surface area contributed by atoms with Crippen molar-refractivity contribution in [2.24, 2.45) is 11.3 Å². The van der Waals surface area contributed by atoms with Crippen molar-refractivity contribution in [3.05, 3.63) is 18.3 Å². The van der Waals surface area contributed by atoms with Gasteiger partial charge in [-0.1, -0.05) is 20.8 Å². The summed E-state index contributed by atoms with van der Waals surface area (Å²) in [6, 6.07) is 4.03. The molecule has 1 fully saturated rings. The summed E-state index contributed by atoms with van der Waals surface area (Å²) in [5.74, 6) is 2.18. The van der Waals surface area contributed by atoms with E-state index in [4.69, 9.17) is 4.74 Å². The Hall–Kier alpha value is -2.22. The van der Waals surface area contributed by atoms with Crippen LogP contribution in [0.25, 0.3) is 11.4 Å². The molecule has 1 saturated heterocycles. The fourth-order valence-electron chi connectivity index (χ4n) is 3.55. The van der Waals surface area contributed by atoms with Gasteiger partial charge >= 0.3 is 5.97 Å². The smallest absolute Gasteiger partial charge is 0.305 e. The summed E-state index contributed by atoms with van der Waals surface area (Å²) >= 11 is 1.36. The van der Waals surface area contributed by atoms with E-state index in [2.05, 4.69) is 51.4 Å². The maximum atomic E-state index is 12.0. The Labute approximate surface area is 183 Å². The van der Waals surface area contributed by atoms with Crippen LogP contribution in [-0.2, 0) is 9.53 Å². The molecular formula is C22H33N5O2S. The summed E-state index contributed by atoms with van der Waals surface area (Å²) < 4.78 is 9.83. The summed E-state index contributed by atoms with van der Waals surface area (Å²) in [6.45, 7) is 8.64. The Kier molecular flexibility index (Phi) is 7.64.